The number of halogens is 3. The van der Waals surface area contributed by atoms with E-state index in [1.165, 1.54) is 31.2 Å². The fourth-order valence-corrected chi connectivity index (χ4v) is 4.61. The number of aryl methyl sites for hydroxylation is 1. The molecule has 3 aromatic rings. The number of hydrogen-bond acceptors (Lipinski definition) is 6. The largest absolute Gasteiger partial charge is 0.471 e. The number of anilines is 2. The van der Waals surface area contributed by atoms with E-state index in [0.717, 1.165) is 26.1 Å². The first-order valence-corrected chi connectivity index (χ1v) is 12.2. The maximum Gasteiger partial charge on any atom is 0.320 e. The van der Waals surface area contributed by atoms with Crippen molar-refractivity contribution in [2.24, 2.45) is 5.73 Å². The molecule has 2 N–H and O–H groups in total. The van der Waals surface area contributed by atoms with Crippen molar-refractivity contribution in [1.29, 1.82) is 0 Å². The Labute approximate surface area is 203 Å². The van der Waals surface area contributed by atoms with Crippen molar-refractivity contribution in [2.75, 3.05) is 22.1 Å². The van der Waals surface area contributed by atoms with Crippen LogP contribution in [-0.4, -0.2) is 36.9 Å². The molecule has 0 atom stereocenters. The van der Waals surface area contributed by atoms with E-state index < -0.39 is 38.3 Å². The summed E-state index contributed by atoms with van der Waals surface area (Å²) < 4.78 is 59.0. The fraction of sp³-hybridized carbons (Fsp3) is 0.190. The van der Waals surface area contributed by atoms with Crippen LogP contribution in [0.4, 0.5) is 25.0 Å². The molecule has 2 aromatic carbocycles. The van der Waals surface area contributed by atoms with Crippen molar-refractivity contribution in [3.8, 4) is 11.6 Å². The minimum Gasteiger partial charge on any atom is -0.471 e. The smallest absolute Gasteiger partial charge is 0.320 e. The van der Waals surface area contributed by atoms with E-state index in [2.05, 4.69) is 4.98 Å². The number of hydrogen-bond donors (Lipinski definition) is 1. The lowest BCUT2D eigenvalue weighted by molar-refractivity contribution is 0.254. The first kappa shape index (κ1) is 24.4. The number of primary amides is 1. The van der Waals surface area contributed by atoms with Crippen LogP contribution in [0.1, 0.15) is 11.4 Å². The zero-order valence-electron chi connectivity index (χ0n) is 18.3. The van der Waals surface area contributed by atoms with E-state index in [-0.39, 0.29) is 47.6 Å². The third-order valence-electron chi connectivity index (χ3n) is 5.26. The number of benzene rings is 2. The van der Waals surface area contributed by atoms with Gasteiger partial charge in [0, 0.05) is 11.6 Å². The fourth-order valence-electron chi connectivity index (χ4n) is 3.60. The van der Waals surface area contributed by atoms with E-state index in [9.17, 15) is 26.8 Å². The molecule has 35 heavy (non-hydrogen) atoms. The predicted molar refractivity (Wildman–Crippen MR) is 125 cm³/mol. The van der Waals surface area contributed by atoms with Gasteiger partial charge < -0.3 is 10.5 Å². The molecule has 10 nitrogen and oxygen atoms in total. The molecule has 0 unspecified atom stereocenters. The first-order chi connectivity index (χ1) is 16.4. The Balaban J connectivity index is 1.73. The van der Waals surface area contributed by atoms with Gasteiger partial charge in [0.1, 0.15) is 30.7 Å². The van der Waals surface area contributed by atoms with Crippen molar-refractivity contribution in [3.63, 3.8) is 0 Å². The molecular formula is C21H18ClF2N5O5S. The Morgan fingerprint density at radius 2 is 1.91 bits per heavy atom. The number of urea groups is 1. The van der Waals surface area contributed by atoms with Crippen LogP contribution in [0.25, 0.3) is 5.69 Å². The maximum absolute atomic E-state index is 13.9. The molecule has 0 aliphatic carbocycles. The number of fused-ring (bicyclic) bond motifs is 1. The molecule has 2 heterocycles. The van der Waals surface area contributed by atoms with Crippen molar-refractivity contribution in [2.45, 2.75) is 13.5 Å². The lowest BCUT2D eigenvalue weighted by Crippen LogP contribution is -2.40. The first-order valence-electron chi connectivity index (χ1n) is 9.93. The van der Waals surface area contributed by atoms with Crippen molar-refractivity contribution in [3.05, 3.63) is 74.8 Å². The van der Waals surface area contributed by atoms with E-state index >= 15 is 0 Å². The third-order valence-corrected chi connectivity index (χ3v) is 6.69. The third kappa shape index (κ3) is 4.51. The Bertz CT molecular complexity index is 1530. The Morgan fingerprint density at radius 1 is 1.20 bits per heavy atom. The second kappa shape index (κ2) is 8.82. The highest BCUT2D eigenvalue weighted by Gasteiger charge is 2.34. The van der Waals surface area contributed by atoms with Crippen LogP contribution in [0.3, 0.4) is 0 Å². The van der Waals surface area contributed by atoms with Crippen LogP contribution in [0.2, 0.25) is 5.02 Å². The van der Waals surface area contributed by atoms with Crippen LogP contribution in [0.5, 0.6) is 5.88 Å². The van der Waals surface area contributed by atoms with Crippen molar-refractivity contribution < 1.29 is 26.7 Å². The van der Waals surface area contributed by atoms with Gasteiger partial charge in [0.25, 0.3) is 5.56 Å². The lowest BCUT2D eigenvalue weighted by Gasteiger charge is -2.17. The van der Waals surface area contributed by atoms with Gasteiger partial charge in [-0.2, -0.15) is 4.98 Å². The van der Waals surface area contributed by atoms with Gasteiger partial charge in [0.05, 0.1) is 23.3 Å². The molecular weight excluding hydrogens is 508 g/mol. The van der Waals surface area contributed by atoms with Crippen molar-refractivity contribution in [1.82, 2.24) is 9.55 Å². The average Bonchev–Trinajstić information content (AvgIpc) is 3.16. The van der Waals surface area contributed by atoms with Crippen LogP contribution >= 0.6 is 11.6 Å². The number of carbonyl (C=O) groups excluding carboxylic acids is 1. The summed E-state index contributed by atoms with van der Waals surface area (Å²) in [6.07, 6.45) is 0.972. The molecule has 0 saturated carbocycles. The maximum atomic E-state index is 13.9. The summed E-state index contributed by atoms with van der Waals surface area (Å²) in [4.78, 5) is 30.1. The topological polar surface area (TPSA) is 128 Å². The van der Waals surface area contributed by atoms with Crippen LogP contribution in [-0.2, 0) is 16.6 Å². The summed E-state index contributed by atoms with van der Waals surface area (Å²) in [5.74, 6) is -1.70. The summed E-state index contributed by atoms with van der Waals surface area (Å²) in [6.45, 7) is 0.819. The quantitative estimate of drug-likeness (QED) is 0.545. The molecule has 4 rings (SSSR count). The van der Waals surface area contributed by atoms with Gasteiger partial charge in [-0.05, 0) is 37.3 Å². The minimum atomic E-state index is -3.78. The summed E-state index contributed by atoms with van der Waals surface area (Å²) in [5, 5.41) is -0.405. The number of carbonyl (C=O) groups is 1. The SMILES string of the molecule is Cc1nc(OCc2ccc(F)cc2F)c(Cl)c(=O)n1-c1ccc2c(c1)N(S(C)(=O)=O)CN2C(N)=O. The molecule has 2 amide bonds. The molecule has 1 aliphatic heterocycles. The second-order valence-corrected chi connectivity index (χ2v) is 9.92. The molecule has 0 saturated heterocycles. The van der Waals surface area contributed by atoms with Gasteiger partial charge in [0.15, 0.2) is 5.02 Å². The highest BCUT2D eigenvalue weighted by molar-refractivity contribution is 7.92. The molecule has 1 aromatic heterocycles. The van der Waals surface area contributed by atoms with Crippen LogP contribution < -0.4 is 25.2 Å². The number of ether oxygens (including phenoxy) is 1. The molecule has 0 bridgehead atoms. The van der Waals surface area contributed by atoms with E-state index in [1.54, 1.807) is 0 Å². The Kier molecular flexibility index (Phi) is 6.15. The zero-order chi connectivity index (χ0) is 25.7. The van der Waals surface area contributed by atoms with Crippen molar-refractivity contribution >= 4 is 39.0 Å². The summed E-state index contributed by atoms with van der Waals surface area (Å²) in [5.41, 5.74) is 5.27. The van der Waals surface area contributed by atoms with Gasteiger partial charge in [-0.1, -0.05) is 11.6 Å². The van der Waals surface area contributed by atoms with Gasteiger partial charge in [-0.15, -0.1) is 0 Å². The molecule has 0 radical (unpaired) electrons. The lowest BCUT2D eigenvalue weighted by atomic mass is 10.2. The summed E-state index contributed by atoms with van der Waals surface area (Å²) >= 11 is 6.18. The standard InChI is InChI=1S/C21H18ClF2N5O5S/c1-11-26-19(34-9-12-3-4-13(23)7-15(12)24)18(22)20(30)29(11)14-5-6-16-17(8-14)28(35(2,32)33)10-27(16)21(25)31/h3-8H,9-10H2,1-2H3,(H2,25,31). The number of nitrogens with two attached hydrogens (primary N) is 1. The van der Waals surface area contributed by atoms with Gasteiger partial charge in [0.2, 0.25) is 15.9 Å². The zero-order valence-corrected chi connectivity index (χ0v) is 19.9. The second-order valence-electron chi connectivity index (χ2n) is 7.64. The molecule has 184 valence electrons. The molecule has 0 spiro atoms. The number of nitrogens with zero attached hydrogens (tertiary/aromatic N) is 4. The highest BCUT2D eigenvalue weighted by Crippen LogP contribution is 2.39. The Hall–Kier alpha value is -3.71. The monoisotopic (exact) mass is 525 g/mol. The summed E-state index contributed by atoms with van der Waals surface area (Å²) in [7, 11) is -3.78. The van der Waals surface area contributed by atoms with E-state index in [0.29, 0.717) is 6.07 Å². The normalized spacial score (nSPS) is 13.2. The average molecular weight is 526 g/mol. The van der Waals surface area contributed by atoms with Crippen LogP contribution in [0, 0.1) is 18.6 Å². The Morgan fingerprint density at radius 3 is 2.54 bits per heavy atom. The van der Waals surface area contributed by atoms with Gasteiger partial charge >= 0.3 is 6.03 Å². The predicted octanol–water partition coefficient (Wildman–Crippen LogP) is 2.67. The molecule has 14 heteroatoms. The highest BCUT2D eigenvalue weighted by atomic mass is 35.5. The molecule has 1 aliphatic rings. The number of aromatic nitrogens is 2. The van der Waals surface area contributed by atoms with Gasteiger partial charge in [-0.3, -0.25) is 14.3 Å². The number of sulfonamides is 1. The van der Waals surface area contributed by atoms with Gasteiger partial charge in [-0.25, -0.2) is 26.3 Å². The number of amides is 2. The van der Waals surface area contributed by atoms with Crippen LogP contribution in [0.15, 0.2) is 41.2 Å². The van der Waals surface area contributed by atoms with E-state index in [4.69, 9.17) is 22.1 Å². The van der Waals surface area contributed by atoms with E-state index in [1.807, 2.05) is 0 Å². The minimum absolute atomic E-state index is 0.0320. The number of rotatable bonds is 5. The summed E-state index contributed by atoms with van der Waals surface area (Å²) in [6, 6.07) is 6.42. The molecule has 0 fully saturated rings.